The molecular weight excluding hydrogens is 302 g/mol. The van der Waals surface area contributed by atoms with E-state index in [2.05, 4.69) is 15.9 Å². The molecule has 2 rings (SSSR count). The van der Waals surface area contributed by atoms with E-state index in [0.717, 1.165) is 15.6 Å². The number of benzene rings is 1. The van der Waals surface area contributed by atoms with Crippen molar-refractivity contribution in [2.45, 2.75) is 12.8 Å². The molecule has 18 heavy (non-hydrogen) atoms. The van der Waals surface area contributed by atoms with Crippen molar-refractivity contribution >= 4 is 22.0 Å². The molecule has 0 bridgehead atoms. The van der Waals surface area contributed by atoms with Gasteiger partial charge in [0.25, 0.3) is 0 Å². The van der Waals surface area contributed by atoms with E-state index in [1.54, 1.807) is 26.4 Å². The van der Waals surface area contributed by atoms with Crippen molar-refractivity contribution in [3.8, 4) is 11.5 Å². The molecule has 0 heterocycles. The Hall–Kier alpha value is -1.56. The van der Waals surface area contributed by atoms with Crippen LogP contribution in [0.4, 0.5) is 0 Å². The van der Waals surface area contributed by atoms with E-state index in [0.29, 0.717) is 24.3 Å². The standard InChI is InChI=1S/C12H12BrNO4/c1-17-11-6-10(13)12(18-2)8-4-3-7(14(15)16)5-9(8)11/h5-6H,3-4H2,1-2H3. The number of ether oxygens (including phenoxy) is 2. The summed E-state index contributed by atoms with van der Waals surface area (Å²) in [6.45, 7) is 0. The minimum Gasteiger partial charge on any atom is -0.496 e. The van der Waals surface area contributed by atoms with Crippen molar-refractivity contribution in [2.24, 2.45) is 0 Å². The fraction of sp³-hybridized carbons (Fsp3) is 0.333. The van der Waals surface area contributed by atoms with E-state index in [1.807, 2.05) is 0 Å². The maximum Gasteiger partial charge on any atom is 0.247 e. The summed E-state index contributed by atoms with van der Waals surface area (Å²) >= 11 is 3.41. The molecule has 0 fully saturated rings. The Kier molecular flexibility index (Phi) is 3.56. The molecule has 0 spiro atoms. The molecule has 0 unspecified atom stereocenters. The van der Waals surface area contributed by atoms with Gasteiger partial charge in [0.2, 0.25) is 5.70 Å². The predicted octanol–water partition coefficient (Wildman–Crippen LogP) is 3.03. The van der Waals surface area contributed by atoms with Crippen molar-refractivity contribution in [3.05, 3.63) is 37.5 Å². The Morgan fingerprint density at radius 1 is 1.33 bits per heavy atom. The van der Waals surface area contributed by atoms with Gasteiger partial charge in [-0.15, -0.1) is 0 Å². The largest absolute Gasteiger partial charge is 0.496 e. The Balaban J connectivity index is 2.66. The average molecular weight is 314 g/mol. The lowest BCUT2D eigenvalue weighted by Crippen LogP contribution is -2.09. The Bertz CT molecular complexity index is 539. The van der Waals surface area contributed by atoms with E-state index in [-0.39, 0.29) is 10.6 Å². The third-order valence-electron chi connectivity index (χ3n) is 2.94. The first-order valence-corrected chi connectivity index (χ1v) is 6.16. The van der Waals surface area contributed by atoms with Crippen LogP contribution in [0.25, 0.3) is 6.08 Å². The number of hydrogen-bond acceptors (Lipinski definition) is 4. The van der Waals surface area contributed by atoms with Gasteiger partial charge in [0.05, 0.1) is 23.6 Å². The van der Waals surface area contributed by atoms with Gasteiger partial charge in [0.15, 0.2) is 0 Å². The first-order chi connectivity index (χ1) is 8.58. The van der Waals surface area contributed by atoms with Gasteiger partial charge >= 0.3 is 0 Å². The Labute approximate surface area is 113 Å². The molecule has 0 atom stereocenters. The number of halogens is 1. The van der Waals surface area contributed by atoms with E-state index in [4.69, 9.17) is 9.47 Å². The van der Waals surface area contributed by atoms with Gasteiger partial charge < -0.3 is 9.47 Å². The molecule has 0 N–H and O–H groups in total. The van der Waals surface area contributed by atoms with Crippen molar-refractivity contribution in [3.63, 3.8) is 0 Å². The quantitative estimate of drug-likeness (QED) is 0.635. The van der Waals surface area contributed by atoms with E-state index >= 15 is 0 Å². The van der Waals surface area contributed by atoms with Crippen LogP contribution in [0.15, 0.2) is 16.2 Å². The molecule has 96 valence electrons. The van der Waals surface area contributed by atoms with Crippen LogP contribution in [-0.4, -0.2) is 19.1 Å². The van der Waals surface area contributed by atoms with Crippen molar-refractivity contribution in [1.29, 1.82) is 0 Å². The fourth-order valence-electron chi connectivity index (χ4n) is 2.11. The van der Waals surface area contributed by atoms with Crippen LogP contribution in [0.1, 0.15) is 17.5 Å². The lowest BCUT2D eigenvalue weighted by molar-refractivity contribution is -0.426. The molecule has 5 nitrogen and oxygen atoms in total. The lowest BCUT2D eigenvalue weighted by atomic mass is 9.93. The van der Waals surface area contributed by atoms with E-state index in [9.17, 15) is 10.1 Å². The molecule has 1 aliphatic rings. The van der Waals surface area contributed by atoms with Gasteiger partial charge in [-0.25, -0.2) is 0 Å². The second kappa shape index (κ2) is 4.97. The van der Waals surface area contributed by atoms with Crippen LogP contribution < -0.4 is 9.47 Å². The topological polar surface area (TPSA) is 61.6 Å². The molecule has 1 aromatic rings. The maximum atomic E-state index is 10.8. The van der Waals surface area contributed by atoms with Crippen LogP contribution in [0.3, 0.4) is 0 Å². The van der Waals surface area contributed by atoms with Gasteiger partial charge in [-0.3, -0.25) is 10.1 Å². The van der Waals surface area contributed by atoms with Crippen LogP contribution in [0, 0.1) is 10.1 Å². The molecule has 0 saturated carbocycles. The number of nitrogens with zero attached hydrogens (tertiary/aromatic N) is 1. The van der Waals surface area contributed by atoms with E-state index in [1.165, 1.54) is 0 Å². The highest BCUT2D eigenvalue weighted by molar-refractivity contribution is 9.10. The number of rotatable bonds is 3. The normalized spacial score (nSPS) is 13.6. The van der Waals surface area contributed by atoms with Gasteiger partial charge in [0, 0.05) is 23.6 Å². The second-order valence-electron chi connectivity index (χ2n) is 3.88. The minimum absolute atomic E-state index is 0.199. The average Bonchev–Trinajstić information content (AvgIpc) is 2.37. The maximum absolute atomic E-state index is 10.8. The molecule has 0 amide bonds. The zero-order chi connectivity index (χ0) is 13.3. The Morgan fingerprint density at radius 2 is 2.06 bits per heavy atom. The van der Waals surface area contributed by atoms with Crippen LogP contribution in [0.2, 0.25) is 0 Å². The number of methoxy groups -OCH3 is 2. The molecule has 0 radical (unpaired) electrons. The zero-order valence-corrected chi connectivity index (χ0v) is 11.6. The van der Waals surface area contributed by atoms with Gasteiger partial charge in [0.1, 0.15) is 11.5 Å². The summed E-state index contributed by atoms with van der Waals surface area (Å²) in [7, 11) is 3.13. The first kappa shape index (κ1) is 12.9. The van der Waals surface area contributed by atoms with Crippen LogP contribution in [0.5, 0.6) is 11.5 Å². The number of fused-ring (bicyclic) bond motifs is 1. The third-order valence-corrected chi connectivity index (χ3v) is 3.53. The number of nitro groups is 1. The summed E-state index contributed by atoms with van der Waals surface area (Å²) < 4.78 is 11.4. The molecule has 0 aromatic heterocycles. The zero-order valence-electron chi connectivity index (χ0n) is 10.0. The molecule has 0 saturated heterocycles. The first-order valence-electron chi connectivity index (χ1n) is 5.36. The highest BCUT2D eigenvalue weighted by atomic mass is 79.9. The summed E-state index contributed by atoms with van der Waals surface area (Å²) in [5.41, 5.74) is 1.87. The summed E-state index contributed by atoms with van der Waals surface area (Å²) in [6, 6.07) is 1.76. The lowest BCUT2D eigenvalue weighted by Gasteiger charge is -2.19. The monoisotopic (exact) mass is 313 g/mol. The molecular formula is C12H12BrNO4. The molecule has 0 aliphatic heterocycles. The van der Waals surface area contributed by atoms with Crippen molar-refractivity contribution in [2.75, 3.05) is 14.2 Å². The van der Waals surface area contributed by atoms with Crippen LogP contribution >= 0.6 is 15.9 Å². The summed E-state index contributed by atoms with van der Waals surface area (Å²) in [5, 5.41) is 10.8. The van der Waals surface area contributed by atoms with E-state index < -0.39 is 0 Å². The number of hydrogen-bond donors (Lipinski definition) is 0. The van der Waals surface area contributed by atoms with Crippen LogP contribution in [-0.2, 0) is 6.42 Å². The summed E-state index contributed by atoms with van der Waals surface area (Å²) in [5.74, 6) is 1.32. The third kappa shape index (κ3) is 2.08. The summed E-state index contributed by atoms with van der Waals surface area (Å²) in [4.78, 5) is 10.5. The molecule has 1 aromatic carbocycles. The SMILES string of the molecule is COc1cc(Br)c(OC)c2c1C=C([N+](=O)[O-])CC2. The van der Waals surface area contributed by atoms with Gasteiger partial charge in [-0.05, 0) is 28.4 Å². The second-order valence-corrected chi connectivity index (χ2v) is 4.73. The minimum atomic E-state index is -0.350. The fourth-order valence-corrected chi connectivity index (χ4v) is 2.71. The van der Waals surface area contributed by atoms with Gasteiger partial charge in [-0.1, -0.05) is 0 Å². The summed E-state index contributed by atoms with van der Waals surface area (Å²) in [6.07, 6.45) is 2.53. The van der Waals surface area contributed by atoms with Crippen molar-refractivity contribution in [1.82, 2.24) is 0 Å². The molecule has 6 heteroatoms. The number of allylic oxidation sites excluding steroid dienone is 1. The Morgan fingerprint density at radius 3 is 2.61 bits per heavy atom. The van der Waals surface area contributed by atoms with Gasteiger partial charge in [-0.2, -0.15) is 0 Å². The highest BCUT2D eigenvalue weighted by Gasteiger charge is 2.25. The molecule has 1 aliphatic carbocycles. The van der Waals surface area contributed by atoms with Crippen molar-refractivity contribution < 1.29 is 14.4 Å². The smallest absolute Gasteiger partial charge is 0.247 e. The highest BCUT2D eigenvalue weighted by Crippen LogP contribution is 2.42. The predicted molar refractivity (Wildman–Crippen MR) is 70.5 cm³/mol.